The fourth-order valence-corrected chi connectivity index (χ4v) is 2.46. The van der Waals surface area contributed by atoms with Crippen molar-refractivity contribution in [3.05, 3.63) is 28.8 Å². The van der Waals surface area contributed by atoms with Crippen LogP contribution < -0.4 is 4.74 Å². The van der Waals surface area contributed by atoms with Gasteiger partial charge in [0.1, 0.15) is 5.75 Å². The summed E-state index contributed by atoms with van der Waals surface area (Å²) in [6, 6.07) is 3.72. The summed E-state index contributed by atoms with van der Waals surface area (Å²) in [5.74, 6) is -0.000648. The summed E-state index contributed by atoms with van der Waals surface area (Å²) in [6.07, 6.45) is 1.78. The molecule has 18 heavy (non-hydrogen) atoms. The van der Waals surface area contributed by atoms with Gasteiger partial charge in [0.05, 0.1) is 13.7 Å². The molecule has 1 aromatic rings. The number of hydrogen-bond donors (Lipinski definition) is 1. The minimum atomic E-state index is -1.27. The van der Waals surface area contributed by atoms with E-state index in [0.29, 0.717) is 11.3 Å². The zero-order chi connectivity index (χ0) is 13.1. The fraction of sp³-hybridized carbons (Fsp3) is 0.500. The number of hydrogen-bond acceptors (Lipinski definition) is 4. The van der Waals surface area contributed by atoms with Crippen LogP contribution in [0.2, 0.25) is 0 Å². The van der Waals surface area contributed by atoms with Gasteiger partial charge < -0.3 is 14.6 Å². The average molecular weight is 250 g/mol. The van der Waals surface area contributed by atoms with Crippen molar-refractivity contribution in [2.45, 2.75) is 32.3 Å². The van der Waals surface area contributed by atoms with E-state index in [0.717, 1.165) is 24.8 Å². The van der Waals surface area contributed by atoms with Crippen molar-refractivity contribution in [1.82, 2.24) is 0 Å². The molecule has 4 heteroatoms. The largest absolute Gasteiger partial charge is 0.496 e. The Hall–Kier alpha value is -1.55. The normalized spacial score (nSPS) is 15.1. The molecule has 0 aliphatic heterocycles. The number of aliphatic hydroxyl groups is 1. The molecule has 0 heterocycles. The first-order valence-corrected chi connectivity index (χ1v) is 6.22. The Morgan fingerprint density at radius 2 is 2.22 bits per heavy atom. The highest BCUT2D eigenvalue weighted by molar-refractivity contribution is 5.77. The quantitative estimate of drug-likeness (QED) is 0.828. The van der Waals surface area contributed by atoms with E-state index in [1.807, 2.05) is 6.07 Å². The van der Waals surface area contributed by atoms with Crippen LogP contribution in [0.3, 0.4) is 0 Å². The van der Waals surface area contributed by atoms with Gasteiger partial charge in [0.2, 0.25) is 0 Å². The molecule has 0 saturated carbocycles. The predicted molar refractivity (Wildman–Crippen MR) is 66.6 cm³/mol. The fourth-order valence-electron chi connectivity index (χ4n) is 2.46. The van der Waals surface area contributed by atoms with Gasteiger partial charge in [-0.1, -0.05) is 12.1 Å². The number of carbonyl (C=O) groups excluding carboxylic acids is 1. The summed E-state index contributed by atoms with van der Waals surface area (Å²) in [5.41, 5.74) is 2.85. The highest BCUT2D eigenvalue weighted by atomic mass is 16.5. The monoisotopic (exact) mass is 250 g/mol. The minimum absolute atomic E-state index is 0.253. The number of fused-ring (bicyclic) bond motifs is 1. The molecule has 0 fully saturated rings. The first-order chi connectivity index (χ1) is 8.69. The molecule has 1 aromatic carbocycles. The van der Waals surface area contributed by atoms with Crippen LogP contribution in [0, 0.1) is 0 Å². The second-order valence-corrected chi connectivity index (χ2v) is 4.33. The van der Waals surface area contributed by atoms with Gasteiger partial charge in [-0.3, -0.25) is 0 Å². The molecule has 0 amide bonds. The summed E-state index contributed by atoms with van der Waals surface area (Å²) < 4.78 is 10.2. The van der Waals surface area contributed by atoms with Gasteiger partial charge in [-0.25, -0.2) is 4.79 Å². The van der Waals surface area contributed by atoms with Crippen LogP contribution in [0.1, 0.15) is 36.1 Å². The number of esters is 1. The van der Waals surface area contributed by atoms with Crippen LogP contribution in [0.4, 0.5) is 0 Å². The highest BCUT2D eigenvalue weighted by Gasteiger charge is 2.26. The maximum atomic E-state index is 11.6. The summed E-state index contributed by atoms with van der Waals surface area (Å²) in [6.45, 7) is 1.97. The third kappa shape index (κ3) is 2.20. The van der Waals surface area contributed by atoms with Crippen LogP contribution in [-0.4, -0.2) is 24.8 Å². The van der Waals surface area contributed by atoms with Gasteiger partial charge >= 0.3 is 5.97 Å². The minimum Gasteiger partial charge on any atom is -0.496 e. The second-order valence-electron chi connectivity index (χ2n) is 4.33. The van der Waals surface area contributed by atoms with Crippen LogP contribution in [-0.2, 0) is 22.4 Å². The lowest BCUT2D eigenvalue weighted by Crippen LogP contribution is -2.16. The maximum Gasteiger partial charge on any atom is 0.339 e. The van der Waals surface area contributed by atoms with Gasteiger partial charge in [0, 0.05) is 5.56 Å². The van der Waals surface area contributed by atoms with Crippen molar-refractivity contribution >= 4 is 5.97 Å². The Balaban J connectivity index is 2.36. The maximum absolute atomic E-state index is 11.6. The zero-order valence-electron chi connectivity index (χ0n) is 10.7. The number of benzene rings is 1. The van der Waals surface area contributed by atoms with E-state index in [-0.39, 0.29) is 6.61 Å². The van der Waals surface area contributed by atoms with E-state index < -0.39 is 12.1 Å². The van der Waals surface area contributed by atoms with E-state index in [9.17, 15) is 9.90 Å². The van der Waals surface area contributed by atoms with Gasteiger partial charge in [-0.2, -0.15) is 0 Å². The van der Waals surface area contributed by atoms with Crippen molar-refractivity contribution in [2.24, 2.45) is 0 Å². The number of rotatable bonds is 4. The van der Waals surface area contributed by atoms with E-state index in [4.69, 9.17) is 9.47 Å². The van der Waals surface area contributed by atoms with Gasteiger partial charge in [0.25, 0.3) is 0 Å². The lowest BCUT2D eigenvalue weighted by Gasteiger charge is -2.16. The SMILES string of the molecule is CCOC(=O)C(O)c1ccc2c(c1OC)CCC2. The van der Waals surface area contributed by atoms with Crippen LogP contribution in [0.25, 0.3) is 0 Å². The number of ether oxygens (including phenoxy) is 2. The molecule has 1 aliphatic carbocycles. The molecule has 1 unspecified atom stereocenters. The summed E-state index contributed by atoms with van der Waals surface area (Å²) in [7, 11) is 1.56. The Kier molecular flexibility index (Phi) is 3.87. The molecule has 0 saturated heterocycles. The van der Waals surface area contributed by atoms with Gasteiger partial charge in [0.15, 0.2) is 6.10 Å². The molecule has 2 rings (SSSR count). The molecule has 1 atom stereocenters. The number of carbonyl (C=O) groups is 1. The number of aryl methyl sites for hydroxylation is 1. The van der Waals surface area contributed by atoms with Crippen LogP contribution >= 0.6 is 0 Å². The molecule has 0 aromatic heterocycles. The van der Waals surface area contributed by atoms with Crippen molar-refractivity contribution in [2.75, 3.05) is 13.7 Å². The van der Waals surface area contributed by atoms with Gasteiger partial charge in [-0.15, -0.1) is 0 Å². The molecule has 0 spiro atoms. The van der Waals surface area contributed by atoms with Crippen molar-refractivity contribution in [3.63, 3.8) is 0 Å². The smallest absolute Gasteiger partial charge is 0.339 e. The first kappa shape index (κ1) is 12.9. The molecule has 0 radical (unpaired) electrons. The number of methoxy groups -OCH3 is 1. The van der Waals surface area contributed by atoms with E-state index in [1.54, 1.807) is 20.1 Å². The lowest BCUT2D eigenvalue weighted by atomic mass is 10.0. The number of aliphatic hydroxyl groups excluding tert-OH is 1. The summed E-state index contributed by atoms with van der Waals surface area (Å²) >= 11 is 0. The van der Waals surface area contributed by atoms with Gasteiger partial charge in [-0.05, 0) is 37.3 Å². The van der Waals surface area contributed by atoms with Crippen LogP contribution in [0.5, 0.6) is 5.75 Å². The Morgan fingerprint density at radius 1 is 1.44 bits per heavy atom. The van der Waals surface area contributed by atoms with Crippen LogP contribution in [0.15, 0.2) is 12.1 Å². The first-order valence-electron chi connectivity index (χ1n) is 6.22. The van der Waals surface area contributed by atoms with E-state index >= 15 is 0 Å². The van der Waals surface area contributed by atoms with Crippen molar-refractivity contribution < 1.29 is 19.4 Å². The standard InChI is InChI=1S/C14H18O4/c1-3-18-14(16)12(15)11-8-7-9-5-4-6-10(9)13(11)17-2/h7-8,12,15H,3-6H2,1-2H3. The third-order valence-electron chi connectivity index (χ3n) is 3.27. The molecule has 1 aliphatic rings. The second kappa shape index (κ2) is 5.40. The molecule has 4 nitrogen and oxygen atoms in total. The molecule has 98 valence electrons. The molecule has 0 bridgehead atoms. The van der Waals surface area contributed by atoms with E-state index in [2.05, 4.69) is 0 Å². The zero-order valence-corrected chi connectivity index (χ0v) is 10.7. The van der Waals surface area contributed by atoms with Crippen molar-refractivity contribution in [1.29, 1.82) is 0 Å². The molecule has 1 N–H and O–H groups in total. The molecular weight excluding hydrogens is 232 g/mol. The predicted octanol–water partition coefficient (Wildman–Crippen LogP) is 1.78. The summed E-state index contributed by atoms with van der Waals surface area (Å²) in [4.78, 5) is 11.6. The topological polar surface area (TPSA) is 55.8 Å². The Bertz CT molecular complexity index is 453. The molecular formula is C14H18O4. The summed E-state index contributed by atoms with van der Waals surface area (Å²) in [5, 5.41) is 10.0. The third-order valence-corrected chi connectivity index (χ3v) is 3.27. The Labute approximate surface area is 107 Å². The van der Waals surface area contributed by atoms with Crippen molar-refractivity contribution in [3.8, 4) is 5.75 Å². The lowest BCUT2D eigenvalue weighted by molar-refractivity contribution is -0.153. The van der Waals surface area contributed by atoms with E-state index in [1.165, 1.54) is 5.56 Å². The Morgan fingerprint density at radius 3 is 2.89 bits per heavy atom. The average Bonchev–Trinajstić information content (AvgIpc) is 2.85. The highest BCUT2D eigenvalue weighted by Crippen LogP contribution is 2.36.